The SMILES string of the molecule is CCOC(=O)C(F)(F)C(C)(O)c1c(F)cccc1OC. The number of aliphatic hydroxyl groups is 1. The Morgan fingerprint density at radius 1 is 1.40 bits per heavy atom. The third-order valence-corrected chi connectivity index (χ3v) is 2.83. The number of ether oxygens (including phenoxy) is 2. The monoisotopic (exact) mass is 292 g/mol. The molecule has 0 aromatic heterocycles. The van der Waals surface area contributed by atoms with Gasteiger partial charge in [-0.3, -0.25) is 0 Å². The molecule has 1 rings (SSSR count). The van der Waals surface area contributed by atoms with Gasteiger partial charge in [0.05, 0.1) is 19.3 Å². The molecule has 0 saturated carbocycles. The van der Waals surface area contributed by atoms with E-state index in [0.717, 1.165) is 13.2 Å². The van der Waals surface area contributed by atoms with Crippen LogP contribution < -0.4 is 4.74 Å². The van der Waals surface area contributed by atoms with Crippen LogP contribution in [0.4, 0.5) is 13.2 Å². The lowest BCUT2D eigenvalue weighted by atomic mass is 9.88. The highest BCUT2D eigenvalue weighted by Gasteiger charge is 2.59. The van der Waals surface area contributed by atoms with Crippen LogP contribution in [-0.4, -0.2) is 30.7 Å². The van der Waals surface area contributed by atoms with Gasteiger partial charge in [0, 0.05) is 0 Å². The van der Waals surface area contributed by atoms with Crippen molar-refractivity contribution in [2.24, 2.45) is 0 Å². The van der Waals surface area contributed by atoms with Crippen LogP contribution in [0.5, 0.6) is 5.75 Å². The third-order valence-electron chi connectivity index (χ3n) is 2.83. The van der Waals surface area contributed by atoms with E-state index < -0.39 is 28.9 Å². The van der Waals surface area contributed by atoms with E-state index in [1.807, 2.05) is 0 Å². The second kappa shape index (κ2) is 5.70. The molecule has 7 heteroatoms. The molecular weight excluding hydrogens is 277 g/mol. The number of halogens is 3. The highest BCUT2D eigenvalue weighted by Crippen LogP contribution is 2.43. The number of esters is 1. The zero-order valence-corrected chi connectivity index (χ0v) is 11.2. The fourth-order valence-electron chi connectivity index (χ4n) is 1.72. The Bertz CT molecular complexity index is 500. The zero-order chi connectivity index (χ0) is 15.6. The molecule has 0 fully saturated rings. The van der Waals surface area contributed by atoms with Crippen LogP contribution in [0.3, 0.4) is 0 Å². The quantitative estimate of drug-likeness (QED) is 0.846. The molecule has 1 unspecified atom stereocenters. The van der Waals surface area contributed by atoms with Gasteiger partial charge >= 0.3 is 11.9 Å². The van der Waals surface area contributed by atoms with Crippen molar-refractivity contribution in [1.82, 2.24) is 0 Å². The van der Waals surface area contributed by atoms with Gasteiger partial charge in [0.25, 0.3) is 0 Å². The predicted molar refractivity (Wildman–Crippen MR) is 64.1 cm³/mol. The number of rotatable bonds is 5. The first-order chi connectivity index (χ1) is 9.20. The van der Waals surface area contributed by atoms with Gasteiger partial charge in [0.15, 0.2) is 5.60 Å². The van der Waals surface area contributed by atoms with E-state index in [0.29, 0.717) is 6.92 Å². The second-order valence-electron chi connectivity index (χ2n) is 4.18. The summed E-state index contributed by atoms with van der Waals surface area (Å²) in [6, 6.07) is 3.32. The number of methoxy groups -OCH3 is 1. The molecule has 0 aliphatic rings. The van der Waals surface area contributed by atoms with Crippen LogP contribution in [0.1, 0.15) is 19.4 Å². The fourth-order valence-corrected chi connectivity index (χ4v) is 1.72. The average Bonchev–Trinajstić information content (AvgIpc) is 2.37. The van der Waals surface area contributed by atoms with E-state index in [4.69, 9.17) is 4.74 Å². The topological polar surface area (TPSA) is 55.8 Å². The van der Waals surface area contributed by atoms with Crippen LogP contribution in [0.15, 0.2) is 18.2 Å². The zero-order valence-electron chi connectivity index (χ0n) is 11.2. The molecule has 0 amide bonds. The van der Waals surface area contributed by atoms with Crippen molar-refractivity contribution >= 4 is 5.97 Å². The number of alkyl halides is 2. The molecule has 0 saturated heterocycles. The lowest BCUT2D eigenvalue weighted by Crippen LogP contribution is -2.50. The normalized spacial score (nSPS) is 14.6. The average molecular weight is 292 g/mol. The van der Waals surface area contributed by atoms with Crippen LogP contribution in [-0.2, 0) is 15.1 Å². The molecule has 20 heavy (non-hydrogen) atoms. The smallest absolute Gasteiger partial charge is 0.380 e. The minimum absolute atomic E-state index is 0.293. The van der Waals surface area contributed by atoms with E-state index in [9.17, 15) is 23.1 Å². The first kappa shape index (κ1) is 16.3. The van der Waals surface area contributed by atoms with Crippen molar-refractivity contribution in [2.75, 3.05) is 13.7 Å². The van der Waals surface area contributed by atoms with Crippen molar-refractivity contribution in [3.8, 4) is 5.75 Å². The van der Waals surface area contributed by atoms with Crippen molar-refractivity contribution in [3.63, 3.8) is 0 Å². The maximum absolute atomic E-state index is 14.0. The van der Waals surface area contributed by atoms with Crippen LogP contribution >= 0.6 is 0 Å². The molecule has 0 spiro atoms. The van der Waals surface area contributed by atoms with Crippen LogP contribution in [0.25, 0.3) is 0 Å². The Morgan fingerprint density at radius 3 is 2.50 bits per heavy atom. The Morgan fingerprint density at radius 2 is 2.00 bits per heavy atom. The highest BCUT2D eigenvalue weighted by atomic mass is 19.3. The number of carbonyl (C=O) groups excluding carboxylic acids is 1. The summed E-state index contributed by atoms with van der Waals surface area (Å²) >= 11 is 0. The lowest BCUT2D eigenvalue weighted by Gasteiger charge is -2.32. The van der Waals surface area contributed by atoms with Crippen molar-refractivity contribution in [1.29, 1.82) is 0 Å². The molecular formula is C13H15F3O4. The Hall–Kier alpha value is -1.76. The maximum Gasteiger partial charge on any atom is 0.380 e. The van der Waals surface area contributed by atoms with Gasteiger partial charge in [-0.15, -0.1) is 0 Å². The Labute approximate surface area is 114 Å². The van der Waals surface area contributed by atoms with Gasteiger partial charge in [-0.25, -0.2) is 9.18 Å². The summed E-state index contributed by atoms with van der Waals surface area (Å²) in [5, 5.41) is 10.0. The first-order valence-electron chi connectivity index (χ1n) is 5.80. The van der Waals surface area contributed by atoms with Gasteiger partial charge in [-0.05, 0) is 26.0 Å². The number of hydrogen-bond acceptors (Lipinski definition) is 4. The van der Waals surface area contributed by atoms with Crippen molar-refractivity contribution in [3.05, 3.63) is 29.6 Å². The van der Waals surface area contributed by atoms with Crippen molar-refractivity contribution in [2.45, 2.75) is 25.4 Å². The lowest BCUT2D eigenvalue weighted by molar-refractivity contribution is -0.213. The highest BCUT2D eigenvalue weighted by molar-refractivity contribution is 5.79. The number of benzene rings is 1. The molecule has 0 radical (unpaired) electrons. The van der Waals surface area contributed by atoms with Crippen molar-refractivity contribution < 1.29 is 32.5 Å². The van der Waals surface area contributed by atoms with Gasteiger partial charge < -0.3 is 14.6 Å². The molecule has 0 heterocycles. The largest absolute Gasteiger partial charge is 0.496 e. The van der Waals surface area contributed by atoms with Gasteiger partial charge in [0.2, 0.25) is 0 Å². The molecule has 0 aliphatic carbocycles. The molecule has 4 nitrogen and oxygen atoms in total. The molecule has 0 aliphatic heterocycles. The third kappa shape index (κ3) is 2.58. The first-order valence-corrected chi connectivity index (χ1v) is 5.80. The van der Waals surface area contributed by atoms with E-state index in [-0.39, 0.29) is 12.4 Å². The minimum Gasteiger partial charge on any atom is -0.496 e. The summed E-state index contributed by atoms with van der Waals surface area (Å²) in [5.41, 5.74) is -3.92. The van der Waals surface area contributed by atoms with E-state index in [1.165, 1.54) is 19.1 Å². The molecule has 1 atom stereocenters. The summed E-state index contributed by atoms with van der Waals surface area (Å²) in [5.74, 6) is -7.68. The summed E-state index contributed by atoms with van der Waals surface area (Å²) in [6.07, 6.45) is 0. The number of carbonyl (C=O) groups is 1. The maximum atomic E-state index is 14.0. The van der Waals surface area contributed by atoms with Crippen LogP contribution in [0.2, 0.25) is 0 Å². The van der Waals surface area contributed by atoms with E-state index in [2.05, 4.69) is 4.74 Å². The summed E-state index contributed by atoms with van der Waals surface area (Å²) in [7, 11) is 1.14. The minimum atomic E-state index is -4.33. The summed E-state index contributed by atoms with van der Waals surface area (Å²) < 4.78 is 50.8. The van der Waals surface area contributed by atoms with Crippen LogP contribution in [0, 0.1) is 5.82 Å². The molecule has 1 N–H and O–H groups in total. The summed E-state index contributed by atoms with van der Waals surface area (Å²) in [6.45, 7) is 1.68. The van der Waals surface area contributed by atoms with Gasteiger partial charge in [0.1, 0.15) is 11.6 Å². The molecule has 1 aromatic rings. The fraction of sp³-hybridized carbons (Fsp3) is 0.462. The van der Waals surface area contributed by atoms with Gasteiger partial charge in [-0.2, -0.15) is 8.78 Å². The van der Waals surface area contributed by atoms with E-state index in [1.54, 1.807) is 0 Å². The Kier molecular flexibility index (Phi) is 4.65. The summed E-state index contributed by atoms with van der Waals surface area (Å²) in [4.78, 5) is 11.3. The molecule has 1 aromatic carbocycles. The molecule has 112 valence electrons. The Balaban J connectivity index is 3.39. The van der Waals surface area contributed by atoms with E-state index >= 15 is 0 Å². The van der Waals surface area contributed by atoms with Gasteiger partial charge in [-0.1, -0.05) is 6.07 Å². The standard InChI is InChI=1S/C13H15F3O4/c1-4-20-11(17)13(15,16)12(2,18)10-8(14)6-5-7-9(10)19-3/h5-7,18H,4H2,1-3H3. The predicted octanol–water partition coefficient (Wildman–Crippen LogP) is 2.24. The number of hydrogen-bond donors (Lipinski definition) is 1. The molecule has 0 bridgehead atoms. The second-order valence-corrected chi connectivity index (χ2v) is 4.18.